The van der Waals surface area contributed by atoms with Gasteiger partial charge in [0.1, 0.15) is 0 Å². The van der Waals surface area contributed by atoms with Crippen LogP contribution >= 0.6 is 11.6 Å². The minimum atomic E-state index is -0.927. The second kappa shape index (κ2) is 7.09. The third kappa shape index (κ3) is 3.86. The fourth-order valence-corrected chi connectivity index (χ4v) is 2.06. The van der Waals surface area contributed by atoms with Crippen LogP contribution in [0.2, 0.25) is 5.02 Å². The summed E-state index contributed by atoms with van der Waals surface area (Å²) in [5.41, 5.74) is 1.85. The van der Waals surface area contributed by atoms with E-state index >= 15 is 0 Å². The van der Waals surface area contributed by atoms with Crippen LogP contribution in [-0.2, 0) is 9.53 Å². The molecule has 5 heteroatoms. The lowest BCUT2D eigenvalue weighted by Crippen LogP contribution is -2.30. The van der Waals surface area contributed by atoms with Gasteiger partial charge in [-0.3, -0.25) is 4.79 Å². The Balaban J connectivity index is 2.01. The Morgan fingerprint density at radius 3 is 2.41 bits per heavy atom. The summed E-state index contributed by atoms with van der Waals surface area (Å²) in [7, 11) is 0. The third-order valence-electron chi connectivity index (χ3n) is 3.15. The molecule has 1 atom stereocenters. The molecule has 0 aliphatic rings. The van der Waals surface area contributed by atoms with E-state index in [0.29, 0.717) is 10.7 Å². The molecule has 0 aliphatic heterocycles. The molecule has 2 aromatic carbocycles. The van der Waals surface area contributed by atoms with E-state index < -0.39 is 18.0 Å². The molecule has 0 spiro atoms. The van der Waals surface area contributed by atoms with Crippen LogP contribution in [0.15, 0.2) is 48.5 Å². The summed E-state index contributed by atoms with van der Waals surface area (Å²) in [6.45, 7) is 3.40. The maximum Gasteiger partial charge on any atom is 0.340 e. The van der Waals surface area contributed by atoms with Gasteiger partial charge in [0.15, 0.2) is 6.10 Å². The second-order valence-corrected chi connectivity index (χ2v) is 5.24. The number of rotatable bonds is 4. The number of anilines is 1. The average Bonchev–Trinajstić information content (AvgIpc) is 2.49. The first-order valence-electron chi connectivity index (χ1n) is 6.81. The van der Waals surface area contributed by atoms with Gasteiger partial charge in [-0.1, -0.05) is 41.9 Å². The molecular weight excluding hydrogens is 302 g/mol. The van der Waals surface area contributed by atoms with Crippen LogP contribution in [0.25, 0.3) is 0 Å². The second-order valence-electron chi connectivity index (χ2n) is 4.83. The molecule has 0 radical (unpaired) electrons. The van der Waals surface area contributed by atoms with E-state index in [2.05, 4.69) is 5.32 Å². The van der Waals surface area contributed by atoms with Gasteiger partial charge < -0.3 is 10.1 Å². The van der Waals surface area contributed by atoms with Crippen molar-refractivity contribution in [3.05, 3.63) is 64.7 Å². The van der Waals surface area contributed by atoms with E-state index in [-0.39, 0.29) is 5.56 Å². The minimum Gasteiger partial charge on any atom is -0.449 e. The monoisotopic (exact) mass is 317 g/mol. The lowest BCUT2D eigenvalue weighted by Gasteiger charge is -2.15. The predicted octanol–water partition coefficient (Wildman–Crippen LogP) is 3.83. The molecule has 0 aromatic heterocycles. The lowest BCUT2D eigenvalue weighted by atomic mass is 10.2. The van der Waals surface area contributed by atoms with E-state index in [1.54, 1.807) is 30.3 Å². The predicted molar refractivity (Wildman–Crippen MR) is 86.1 cm³/mol. The summed E-state index contributed by atoms with van der Waals surface area (Å²) < 4.78 is 5.16. The highest BCUT2D eigenvalue weighted by Gasteiger charge is 2.20. The number of aryl methyl sites for hydroxylation is 1. The quantitative estimate of drug-likeness (QED) is 0.872. The van der Waals surface area contributed by atoms with Gasteiger partial charge in [-0.15, -0.1) is 0 Å². The Bertz CT molecular complexity index is 700. The van der Waals surface area contributed by atoms with Gasteiger partial charge in [0.05, 0.1) is 10.6 Å². The van der Waals surface area contributed by atoms with Gasteiger partial charge in [0.2, 0.25) is 0 Å². The first-order valence-corrected chi connectivity index (χ1v) is 7.19. The lowest BCUT2D eigenvalue weighted by molar-refractivity contribution is -0.123. The number of carbonyl (C=O) groups is 2. The maximum atomic E-state index is 12.1. The molecule has 0 saturated heterocycles. The first kappa shape index (κ1) is 16.0. The Morgan fingerprint density at radius 2 is 1.73 bits per heavy atom. The molecule has 0 saturated carbocycles. The maximum absolute atomic E-state index is 12.1. The molecule has 4 nitrogen and oxygen atoms in total. The highest BCUT2D eigenvalue weighted by atomic mass is 35.5. The number of hydrogen-bond acceptors (Lipinski definition) is 3. The van der Waals surface area contributed by atoms with Crippen molar-refractivity contribution in [2.75, 3.05) is 5.32 Å². The van der Waals surface area contributed by atoms with Crippen molar-refractivity contribution in [2.45, 2.75) is 20.0 Å². The molecule has 114 valence electrons. The first-order chi connectivity index (χ1) is 10.5. The van der Waals surface area contributed by atoms with Crippen LogP contribution in [-0.4, -0.2) is 18.0 Å². The van der Waals surface area contributed by atoms with Crippen molar-refractivity contribution in [2.24, 2.45) is 0 Å². The normalized spacial score (nSPS) is 11.6. The molecule has 0 bridgehead atoms. The summed E-state index contributed by atoms with van der Waals surface area (Å²) in [4.78, 5) is 24.1. The zero-order chi connectivity index (χ0) is 16.1. The number of benzene rings is 2. The zero-order valence-corrected chi connectivity index (χ0v) is 13.1. The van der Waals surface area contributed by atoms with Crippen LogP contribution in [0.1, 0.15) is 22.8 Å². The number of nitrogens with one attached hydrogen (secondary N) is 1. The van der Waals surface area contributed by atoms with Crippen molar-refractivity contribution in [1.82, 2.24) is 0 Å². The molecule has 2 aromatic rings. The van der Waals surface area contributed by atoms with Gasteiger partial charge in [0.25, 0.3) is 5.91 Å². The number of halogens is 1. The smallest absolute Gasteiger partial charge is 0.340 e. The molecule has 0 aliphatic carbocycles. The summed E-state index contributed by atoms with van der Waals surface area (Å²) in [5.74, 6) is -1.02. The van der Waals surface area contributed by atoms with Gasteiger partial charge in [-0.05, 0) is 37.6 Å². The third-order valence-corrected chi connectivity index (χ3v) is 3.48. The van der Waals surface area contributed by atoms with E-state index in [9.17, 15) is 9.59 Å². The molecule has 22 heavy (non-hydrogen) atoms. The van der Waals surface area contributed by atoms with Crippen molar-refractivity contribution in [3.8, 4) is 0 Å². The Labute approximate surface area is 134 Å². The fraction of sp³-hybridized carbons (Fsp3) is 0.176. The molecule has 0 heterocycles. The Kier molecular flexibility index (Phi) is 5.17. The SMILES string of the molecule is Cc1ccccc1NC(=O)C(C)OC(=O)c1ccccc1Cl. The number of esters is 1. The van der Waals surface area contributed by atoms with E-state index in [1.165, 1.54) is 6.92 Å². The van der Waals surface area contributed by atoms with Crippen LogP contribution in [0.5, 0.6) is 0 Å². The Morgan fingerprint density at radius 1 is 1.09 bits per heavy atom. The Hall–Kier alpha value is -2.33. The van der Waals surface area contributed by atoms with Crippen LogP contribution in [0, 0.1) is 6.92 Å². The number of carbonyl (C=O) groups excluding carboxylic acids is 2. The van der Waals surface area contributed by atoms with E-state index in [0.717, 1.165) is 5.56 Å². The fourth-order valence-electron chi connectivity index (χ4n) is 1.85. The summed E-state index contributed by atoms with van der Waals surface area (Å²) in [6.07, 6.45) is -0.927. The van der Waals surface area contributed by atoms with Crippen molar-refractivity contribution in [1.29, 1.82) is 0 Å². The summed E-state index contributed by atoms with van der Waals surface area (Å²) in [6, 6.07) is 13.9. The topological polar surface area (TPSA) is 55.4 Å². The van der Waals surface area contributed by atoms with Crippen LogP contribution in [0.3, 0.4) is 0 Å². The average molecular weight is 318 g/mol. The minimum absolute atomic E-state index is 0.236. The highest BCUT2D eigenvalue weighted by molar-refractivity contribution is 6.33. The number of para-hydroxylation sites is 1. The van der Waals surface area contributed by atoms with Crippen LogP contribution in [0.4, 0.5) is 5.69 Å². The van der Waals surface area contributed by atoms with E-state index in [1.807, 2.05) is 25.1 Å². The van der Waals surface area contributed by atoms with Crippen molar-refractivity contribution < 1.29 is 14.3 Å². The molecule has 0 fully saturated rings. The molecule has 2 rings (SSSR count). The zero-order valence-electron chi connectivity index (χ0n) is 12.3. The standard InChI is InChI=1S/C17H16ClNO3/c1-11-7-3-6-10-15(11)19-16(20)12(2)22-17(21)13-8-4-5-9-14(13)18/h3-10,12H,1-2H3,(H,19,20). The molecule has 1 unspecified atom stereocenters. The van der Waals surface area contributed by atoms with Gasteiger partial charge in [-0.25, -0.2) is 4.79 Å². The molecule has 1 amide bonds. The summed E-state index contributed by atoms with van der Waals surface area (Å²) >= 11 is 5.93. The van der Waals surface area contributed by atoms with Crippen LogP contribution < -0.4 is 5.32 Å². The summed E-state index contributed by atoms with van der Waals surface area (Å²) in [5, 5.41) is 3.02. The van der Waals surface area contributed by atoms with Gasteiger partial charge in [0, 0.05) is 5.69 Å². The number of amides is 1. The number of ether oxygens (including phenoxy) is 1. The largest absolute Gasteiger partial charge is 0.449 e. The van der Waals surface area contributed by atoms with Crippen molar-refractivity contribution in [3.63, 3.8) is 0 Å². The van der Waals surface area contributed by atoms with Gasteiger partial charge in [-0.2, -0.15) is 0 Å². The van der Waals surface area contributed by atoms with E-state index in [4.69, 9.17) is 16.3 Å². The molecular formula is C17H16ClNO3. The van der Waals surface area contributed by atoms with Crippen molar-refractivity contribution >= 4 is 29.2 Å². The molecule has 1 N–H and O–H groups in total. The highest BCUT2D eigenvalue weighted by Crippen LogP contribution is 2.17. The number of hydrogen-bond donors (Lipinski definition) is 1. The van der Waals surface area contributed by atoms with Gasteiger partial charge >= 0.3 is 5.97 Å².